The van der Waals surface area contributed by atoms with E-state index in [0.717, 1.165) is 11.9 Å². The van der Waals surface area contributed by atoms with Crippen LogP contribution in [0.25, 0.3) is 59.8 Å². The predicted octanol–water partition coefficient (Wildman–Crippen LogP) is 9.73. The third-order valence-electron chi connectivity index (χ3n) is 8.12. The van der Waals surface area contributed by atoms with Crippen molar-refractivity contribution in [1.82, 2.24) is 9.38 Å². The maximum absolute atomic E-state index is 5.04. The van der Waals surface area contributed by atoms with E-state index in [9.17, 15) is 0 Å². The highest BCUT2D eigenvalue weighted by Crippen LogP contribution is 2.46. The molecular weight excluding hydrogens is 448 g/mol. The molecule has 0 aliphatic rings. The number of benzene rings is 4. The van der Waals surface area contributed by atoms with Crippen LogP contribution < -0.4 is 0 Å². The van der Waals surface area contributed by atoms with Crippen molar-refractivity contribution in [2.75, 3.05) is 0 Å². The quantitative estimate of drug-likeness (QED) is 0.168. The molecule has 0 aliphatic carbocycles. The first-order chi connectivity index (χ1) is 17.5. The van der Waals surface area contributed by atoms with E-state index in [0.29, 0.717) is 0 Å². The molecule has 3 heterocycles. The van der Waals surface area contributed by atoms with Crippen LogP contribution >= 0.6 is 0 Å². The Morgan fingerprint density at radius 3 is 2.27 bits per heavy atom. The van der Waals surface area contributed by atoms with Gasteiger partial charge in [0.1, 0.15) is 0 Å². The van der Waals surface area contributed by atoms with Crippen LogP contribution in [0.5, 0.6) is 0 Å². The highest BCUT2D eigenvalue weighted by molar-refractivity contribution is 6.29. The molecule has 0 atom stereocenters. The molecule has 2 nitrogen and oxygen atoms in total. The van der Waals surface area contributed by atoms with Crippen LogP contribution in [-0.2, 0) is 11.8 Å². The van der Waals surface area contributed by atoms with Crippen LogP contribution in [-0.4, -0.2) is 9.38 Å². The largest absolute Gasteiger partial charge is 0.308 e. The third-order valence-corrected chi connectivity index (χ3v) is 8.12. The summed E-state index contributed by atoms with van der Waals surface area (Å²) in [6, 6.07) is 23.0. The first-order valence-corrected chi connectivity index (χ1v) is 13.5. The Hall–Kier alpha value is -3.65. The van der Waals surface area contributed by atoms with Crippen molar-refractivity contribution in [3.8, 4) is 0 Å². The van der Waals surface area contributed by atoms with E-state index in [-0.39, 0.29) is 10.8 Å². The Morgan fingerprint density at radius 1 is 0.730 bits per heavy atom. The summed E-state index contributed by atoms with van der Waals surface area (Å²) in [5.74, 6) is 0. The molecule has 0 spiro atoms. The van der Waals surface area contributed by atoms with Gasteiger partial charge < -0.3 is 4.40 Å². The second kappa shape index (κ2) is 7.22. The number of hydrogen-bond acceptors (Lipinski definition) is 1. The van der Waals surface area contributed by atoms with E-state index in [1.165, 1.54) is 70.9 Å². The summed E-state index contributed by atoms with van der Waals surface area (Å²) >= 11 is 0. The Labute approximate surface area is 218 Å². The molecule has 0 N–H and O–H groups in total. The van der Waals surface area contributed by atoms with Gasteiger partial charge in [-0.25, -0.2) is 0 Å². The normalized spacial score (nSPS) is 13.4. The molecule has 0 radical (unpaired) electrons. The van der Waals surface area contributed by atoms with E-state index in [1.807, 2.05) is 6.20 Å². The summed E-state index contributed by atoms with van der Waals surface area (Å²) in [5, 5.41) is 9.11. The minimum absolute atomic E-state index is 0.0226. The zero-order valence-electron chi connectivity index (χ0n) is 23.0. The maximum Gasteiger partial charge on any atom is 0.0823 e. The van der Waals surface area contributed by atoms with E-state index in [4.69, 9.17) is 4.98 Å². The molecular formula is C35H34N2. The summed E-state index contributed by atoms with van der Waals surface area (Å²) in [6.07, 6.45) is 3.06. The monoisotopic (exact) mass is 482 g/mol. The molecule has 0 amide bonds. The van der Waals surface area contributed by atoms with E-state index >= 15 is 0 Å². The van der Waals surface area contributed by atoms with Crippen LogP contribution in [0.2, 0.25) is 0 Å². The van der Waals surface area contributed by atoms with Crippen molar-refractivity contribution in [1.29, 1.82) is 0 Å². The fraction of sp³-hybridized carbons (Fsp3) is 0.286. The highest BCUT2D eigenvalue weighted by atomic mass is 14.9. The van der Waals surface area contributed by atoms with Gasteiger partial charge in [-0.05, 0) is 81.3 Å². The van der Waals surface area contributed by atoms with Gasteiger partial charge >= 0.3 is 0 Å². The molecule has 0 bridgehead atoms. The molecule has 7 rings (SSSR count). The van der Waals surface area contributed by atoms with Crippen molar-refractivity contribution in [2.45, 2.75) is 60.3 Å². The molecule has 0 aliphatic heterocycles. The Balaban J connectivity index is 1.76. The number of aromatic nitrogens is 2. The fourth-order valence-corrected chi connectivity index (χ4v) is 6.67. The molecule has 184 valence electrons. The Kier molecular flexibility index (Phi) is 4.40. The van der Waals surface area contributed by atoms with Gasteiger partial charge in [0.15, 0.2) is 0 Å². The molecule has 7 aromatic rings. The molecule has 0 fully saturated rings. The molecule has 4 aromatic carbocycles. The number of para-hydroxylation sites is 1. The van der Waals surface area contributed by atoms with Gasteiger partial charge in [0.05, 0.1) is 22.1 Å². The van der Waals surface area contributed by atoms with Crippen LogP contribution in [0.1, 0.15) is 58.2 Å². The molecule has 3 aromatic heterocycles. The smallest absolute Gasteiger partial charge is 0.0823 e. The summed E-state index contributed by atoms with van der Waals surface area (Å²) in [4.78, 5) is 5.04. The van der Waals surface area contributed by atoms with Crippen molar-refractivity contribution in [2.24, 2.45) is 5.41 Å². The SMILES string of the molecule is Cc1c2ccc(CC(C)(C)C)cc2cc2c3nccc4cc(C(C)(C)C)c5c6ccccc6n(c12)c5c43. The first-order valence-electron chi connectivity index (χ1n) is 13.5. The maximum atomic E-state index is 5.04. The summed E-state index contributed by atoms with van der Waals surface area (Å²) in [7, 11) is 0. The van der Waals surface area contributed by atoms with Gasteiger partial charge in [0.25, 0.3) is 0 Å². The van der Waals surface area contributed by atoms with E-state index in [1.54, 1.807) is 0 Å². The van der Waals surface area contributed by atoms with E-state index < -0.39 is 0 Å². The summed E-state index contributed by atoms with van der Waals surface area (Å²) in [5.41, 5.74) is 9.37. The lowest BCUT2D eigenvalue weighted by Crippen LogP contribution is -2.12. The lowest BCUT2D eigenvalue weighted by atomic mass is 9.82. The van der Waals surface area contributed by atoms with Crippen molar-refractivity contribution in [3.05, 3.63) is 83.6 Å². The van der Waals surface area contributed by atoms with Crippen molar-refractivity contribution >= 4 is 59.8 Å². The minimum Gasteiger partial charge on any atom is -0.308 e. The number of hydrogen-bond donors (Lipinski definition) is 0. The van der Waals surface area contributed by atoms with Gasteiger partial charge in [-0.1, -0.05) is 77.9 Å². The van der Waals surface area contributed by atoms with Gasteiger partial charge in [-0.2, -0.15) is 0 Å². The lowest BCUT2D eigenvalue weighted by Gasteiger charge is -2.23. The molecule has 37 heavy (non-hydrogen) atoms. The molecule has 2 heteroatoms. The third kappa shape index (κ3) is 3.14. The first kappa shape index (κ1) is 22.5. The number of pyridine rings is 2. The van der Waals surface area contributed by atoms with Gasteiger partial charge in [-0.15, -0.1) is 0 Å². The predicted molar refractivity (Wildman–Crippen MR) is 161 cm³/mol. The Morgan fingerprint density at radius 2 is 1.51 bits per heavy atom. The lowest BCUT2D eigenvalue weighted by molar-refractivity contribution is 0.411. The fourth-order valence-electron chi connectivity index (χ4n) is 6.67. The number of nitrogens with zero attached hydrogens (tertiary/aromatic N) is 2. The second-order valence-corrected chi connectivity index (χ2v) is 13.2. The van der Waals surface area contributed by atoms with Crippen molar-refractivity contribution < 1.29 is 0 Å². The Bertz CT molecular complexity index is 2020. The second-order valence-electron chi connectivity index (χ2n) is 13.2. The van der Waals surface area contributed by atoms with Gasteiger partial charge in [-0.3, -0.25) is 4.98 Å². The van der Waals surface area contributed by atoms with Crippen LogP contribution in [0.4, 0.5) is 0 Å². The minimum atomic E-state index is 0.0226. The zero-order valence-corrected chi connectivity index (χ0v) is 23.0. The highest BCUT2D eigenvalue weighted by Gasteiger charge is 2.26. The summed E-state index contributed by atoms with van der Waals surface area (Å²) in [6.45, 7) is 16.2. The van der Waals surface area contributed by atoms with Crippen LogP contribution in [0.3, 0.4) is 0 Å². The van der Waals surface area contributed by atoms with Gasteiger partial charge in [0, 0.05) is 27.7 Å². The topological polar surface area (TPSA) is 17.3 Å². The van der Waals surface area contributed by atoms with Crippen LogP contribution in [0.15, 0.2) is 66.9 Å². The van der Waals surface area contributed by atoms with Crippen molar-refractivity contribution in [3.63, 3.8) is 0 Å². The standard InChI is InChI=1S/C35H34N2/c1-20-24-13-12-21(19-34(2,3)4)16-23(24)17-26-31-29-22(14-15-36-31)18-27(35(5,6)7)30-25-10-8-9-11-28(25)37(32(20)26)33(29)30/h8-18H,19H2,1-7H3. The van der Waals surface area contributed by atoms with Crippen LogP contribution in [0, 0.1) is 12.3 Å². The average molecular weight is 483 g/mol. The number of rotatable bonds is 1. The average Bonchev–Trinajstić information content (AvgIpc) is 3.17. The van der Waals surface area contributed by atoms with E-state index in [2.05, 4.69) is 114 Å². The zero-order chi connectivity index (χ0) is 25.9. The number of aryl methyl sites for hydroxylation is 1. The number of fused-ring (bicyclic) bond motifs is 7. The van der Waals surface area contributed by atoms with Gasteiger partial charge in [0.2, 0.25) is 0 Å². The molecule has 0 unspecified atom stereocenters. The molecule has 0 saturated heterocycles. The summed E-state index contributed by atoms with van der Waals surface area (Å²) < 4.78 is 2.55. The molecule has 0 saturated carbocycles.